The van der Waals surface area contributed by atoms with Gasteiger partial charge >= 0.3 is 6.03 Å². The lowest BCUT2D eigenvalue weighted by Crippen LogP contribution is -2.66. The molecule has 1 saturated carbocycles. The Morgan fingerprint density at radius 1 is 1.35 bits per heavy atom. The van der Waals surface area contributed by atoms with Crippen LogP contribution in [0.15, 0.2) is 4.52 Å². The number of nitrogens with one attached hydrogen (secondary N) is 1. The minimum absolute atomic E-state index is 0.138. The van der Waals surface area contributed by atoms with Crippen molar-refractivity contribution in [1.29, 1.82) is 0 Å². The molecule has 1 N–H and O–H groups in total. The van der Waals surface area contributed by atoms with Crippen LogP contribution in [0.25, 0.3) is 0 Å². The quantitative estimate of drug-likeness (QED) is 0.790. The second kappa shape index (κ2) is 4.39. The third kappa shape index (κ3) is 1.79. The Hall–Kier alpha value is -2.25. The van der Waals surface area contributed by atoms with E-state index in [1.165, 1.54) is 0 Å². The van der Waals surface area contributed by atoms with Crippen LogP contribution in [0, 0.1) is 12.3 Å². The largest absolute Gasteiger partial charge is 0.340 e. The molecule has 0 radical (unpaired) electrons. The number of aromatic nitrogens is 2. The minimum atomic E-state index is -1.03. The van der Waals surface area contributed by atoms with E-state index in [9.17, 15) is 14.4 Å². The molecule has 3 rings (SSSR count). The number of aryl methyl sites for hydroxylation is 1. The second-order valence-electron chi connectivity index (χ2n) is 5.13. The van der Waals surface area contributed by atoms with Gasteiger partial charge in [0.15, 0.2) is 5.82 Å². The standard InChI is InChI=1S/C12H14N4O4/c1-7-13-8(15-20-7)3-6-16-10(18)12(4-2-5-12)9(17)14-11(16)19/h2-6H2,1H3,(H,14,17,19). The summed E-state index contributed by atoms with van der Waals surface area (Å²) in [6.45, 7) is 1.80. The second-order valence-corrected chi connectivity index (χ2v) is 5.13. The van der Waals surface area contributed by atoms with Gasteiger partial charge in [-0.05, 0) is 12.8 Å². The monoisotopic (exact) mass is 278 g/mol. The van der Waals surface area contributed by atoms with Gasteiger partial charge in [-0.2, -0.15) is 4.98 Å². The molecule has 0 aromatic carbocycles. The Kier molecular flexibility index (Phi) is 2.81. The van der Waals surface area contributed by atoms with Crippen LogP contribution in [-0.4, -0.2) is 39.4 Å². The molecule has 2 fully saturated rings. The highest BCUT2D eigenvalue weighted by Crippen LogP contribution is 2.44. The molecule has 2 aliphatic rings. The summed E-state index contributed by atoms with van der Waals surface area (Å²) in [7, 11) is 0. The van der Waals surface area contributed by atoms with Crippen molar-refractivity contribution in [2.75, 3.05) is 6.54 Å². The molecule has 2 heterocycles. The van der Waals surface area contributed by atoms with Crippen molar-refractivity contribution in [2.45, 2.75) is 32.6 Å². The van der Waals surface area contributed by atoms with Crippen molar-refractivity contribution >= 4 is 17.8 Å². The molecule has 1 aromatic heterocycles. The predicted octanol–water partition coefficient (Wildman–Crippen LogP) is 0.169. The van der Waals surface area contributed by atoms with Crippen LogP contribution in [0.4, 0.5) is 4.79 Å². The summed E-state index contributed by atoms with van der Waals surface area (Å²) >= 11 is 0. The number of carbonyl (C=O) groups excluding carboxylic acids is 3. The Morgan fingerprint density at radius 2 is 2.10 bits per heavy atom. The SMILES string of the molecule is Cc1nc(CCN2C(=O)NC(=O)C3(CCC3)C2=O)no1. The van der Waals surface area contributed by atoms with E-state index in [0.717, 1.165) is 11.3 Å². The van der Waals surface area contributed by atoms with Gasteiger partial charge in [0.1, 0.15) is 5.41 Å². The molecule has 1 spiro atoms. The van der Waals surface area contributed by atoms with E-state index < -0.39 is 23.3 Å². The van der Waals surface area contributed by atoms with Crippen molar-refractivity contribution in [3.05, 3.63) is 11.7 Å². The zero-order valence-corrected chi connectivity index (χ0v) is 11.0. The number of nitrogens with zero attached hydrogens (tertiary/aromatic N) is 3. The van der Waals surface area contributed by atoms with Gasteiger partial charge in [0, 0.05) is 19.9 Å². The number of rotatable bonds is 3. The predicted molar refractivity (Wildman–Crippen MR) is 64.3 cm³/mol. The Bertz CT molecular complexity index is 590. The van der Waals surface area contributed by atoms with Crippen LogP contribution in [0.2, 0.25) is 0 Å². The topological polar surface area (TPSA) is 105 Å². The van der Waals surface area contributed by atoms with Crippen molar-refractivity contribution < 1.29 is 18.9 Å². The summed E-state index contributed by atoms with van der Waals surface area (Å²) in [5, 5.41) is 5.97. The third-order valence-electron chi connectivity index (χ3n) is 3.89. The van der Waals surface area contributed by atoms with Crippen molar-refractivity contribution in [3.63, 3.8) is 0 Å². The summed E-state index contributed by atoms with van der Waals surface area (Å²) in [5.41, 5.74) is -1.03. The van der Waals surface area contributed by atoms with Crippen LogP contribution in [0.5, 0.6) is 0 Å². The summed E-state index contributed by atoms with van der Waals surface area (Å²) in [6, 6.07) is -0.669. The minimum Gasteiger partial charge on any atom is -0.340 e. The first-order valence-electron chi connectivity index (χ1n) is 6.49. The summed E-state index contributed by atoms with van der Waals surface area (Å²) in [6.07, 6.45) is 2.14. The van der Waals surface area contributed by atoms with E-state index in [1.54, 1.807) is 6.92 Å². The molecule has 1 aromatic rings. The molecule has 0 unspecified atom stereocenters. The van der Waals surface area contributed by atoms with Crippen molar-refractivity contribution in [3.8, 4) is 0 Å². The van der Waals surface area contributed by atoms with Gasteiger partial charge in [-0.25, -0.2) is 4.79 Å². The lowest BCUT2D eigenvalue weighted by Gasteiger charge is -2.44. The molecule has 4 amide bonds. The van der Waals surface area contributed by atoms with Gasteiger partial charge in [-0.15, -0.1) is 0 Å². The van der Waals surface area contributed by atoms with E-state index in [1.807, 2.05) is 0 Å². The first-order valence-corrected chi connectivity index (χ1v) is 6.49. The summed E-state index contributed by atoms with van der Waals surface area (Å²) < 4.78 is 4.83. The number of imide groups is 2. The molecule has 8 nitrogen and oxygen atoms in total. The maximum absolute atomic E-state index is 12.4. The van der Waals surface area contributed by atoms with Gasteiger partial charge in [-0.3, -0.25) is 19.8 Å². The molecule has 0 atom stereocenters. The first-order chi connectivity index (χ1) is 9.53. The molecular formula is C12H14N4O4. The number of amides is 4. The fraction of sp³-hybridized carbons (Fsp3) is 0.583. The lowest BCUT2D eigenvalue weighted by molar-refractivity contribution is -0.157. The highest BCUT2D eigenvalue weighted by atomic mass is 16.5. The molecule has 8 heteroatoms. The van der Waals surface area contributed by atoms with Gasteiger partial charge in [-0.1, -0.05) is 11.6 Å². The number of barbiturate groups is 1. The molecular weight excluding hydrogens is 264 g/mol. The van der Waals surface area contributed by atoms with Gasteiger partial charge in [0.05, 0.1) is 0 Å². The maximum atomic E-state index is 12.4. The highest BCUT2D eigenvalue weighted by molar-refractivity contribution is 6.19. The van der Waals surface area contributed by atoms with Crippen LogP contribution < -0.4 is 5.32 Å². The van der Waals surface area contributed by atoms with E-state index in [-0.39, 0.29) is 6.54 Å². The number of hydrogen-bond donors (Lipinski definition) is 1. The molecule has 1 saturated heterocycles. The zero-order valence-electron chi connectivity index (χ0n) is 11.0. The van der Waals surface area contributed by atoms with Crippen molar-refractivity contribution in [2.24, 2.45) is 5.41 Å². The van der Waals surface area contributed by atoms with Gasteiger partial charge < -0.3 is 4.52 Å². The van der Waals surface area contributed by atoms with Crippen LogP contribution in [-0.2, 0) is 16.0 Å². The average molecular weight is 278 g/mol. The van der Waals surface area contributed by atoms with E-state index in [4.69, 9.17) is 4.52 Å². The molecule has 1 aliphatic heterocycles. The fourth-order valence-corrected chi connectivity index (χ4v) is 2.56. The lowest BCUT2D eigenvalue weighted by atomic mass is 9.66. The van der Waals surface area contributed by atoms with E-state index in [2.05, 4.69) is 15.5 Å². The van der Waals surface area contributed by atoms with Gasteiger partial charge in [0.2, 0.25) is 17.7 Å². The fourth-order valence-electron chi connectivity index (χ4n) is 2.56. The summed E-state index contributed by atoms with van der Waals surface area (Å²) in [4.78, 5) is 41.1. The van der Waals surface area contributed by atoms with Gasteiger partial charge in [0.25, 0.3) is 0 Å². The third-order valence-corrected chi connectivity index (χ3v) is 3.89. The number of hydrogen-bond acceptors (Lipinski definition) is 6. The molecule has 1 aliphatic carbocycles. The smallest absolute Gasteiger partial charge is 0.330 e. The van der Waals surface area contributed by atoms with Crippen LogP contribution >= 0.6 is 0 Å². The molecule has 0 bridgehead atoms. The Labute approximate surface area is 114 Å². The average Bonchev–Trinajstić information content (AvgIpc) is 2.72. The molecule has 106 valence electrons. The number of carbonyl (C=O) groups is 3. The number of urea groups is 1. The van der Waals surface area contributed by atoms with Crippen molar-refractivity contribution in [1.82, 2.24) is 20.4 Å². The highest BCUT2D eigenvalue weighted by Gasteiger charge is 2.57. The summed E-state index contributed by atoms with van der Waals surface area (Å²) in [5.74, 6) is -0.00848. The van der Waals surface area contributed by atoms with Crippen LogP contribution in [0.1, 0.15) is 31.0 Å². The van der Waals surface area contributed by atoms with E-state index in [0.29, 0.717) is 31.0 Å². The van der Waals surface area contributed by atoms with E-state index >= 15 is 0 Å². The Balaban J connectivity index is 1.73. The first kappa shape index (κ1) is 12.8. The maximum Gasteiger partial charge on any atom is 0.330 e. The Morgan fingerprint density at radius 3 is 2.65 bits per heavy atom. The zero-order chi connectivity index (χ0) is 14.3. The normalized spacial score (nSPS) is 21.1. The molecule has 20 heavy (non-hydrogen) atoms. The van der Waals surface area contributed by atoms with Crippen LogP contribution in [0.3, 0.4) is 0 Å².